The molecule has 8 nitrogen and oxygen atoms in total. The Hall–Kier alpha value is -3.81. The molecule has 3 rings (SSSR count). The number of nitrogens with one attached hydrogen (secondary N) is 2. The second-order valence-corrected chi connectivity index (χ2v) is 7.49. The third-order valence-corrected chi connectivity index (χ3v) is 4.87. The smallest absolute Gasteiger partial charge is 0.325 e. The number of anilines is 1. The number of methoxy groups -OCH3 is 1. The minimum atomic E-state index is -1.27. The first-order chi connectivity index (χ1) is 14.7. The highest BCUT2D eigenvalue weighted by Gasteiger charge is 2.49. The zero-order chi connectivity index (χ0) is 22.6. The Morgan fingerprint density at radius 2 is 1.71 bits per heavy atom. The van der Waals surface area contributed by atoms with E-state index in [9.17, 15) is 14.4 Å². The number of urea groups is 1. The number of hydrogen-bond donors (Lipinski definition) is 2. The lowest BCUT2D eigenvalue weighted by Gasteiger charge is -2.22. The Bertz CT molecular complexity index is 1000. The van der Waals surface area contributed by atoms with Crippen LogP contribution in [0.1, 0.15) is 19.4 Å². The summed E-state index contributed by atoms with van der Waals surface area (Å²) in [7, 11) is 1.55. The molecular weight excluding hydrogens is 398 g/mol. The molecule has 1 fully saturated rings. The summed E-state index contributed by atoms with van der Waals surface area (Å²) in [5.74, 6) is 0.293. The quantitative estimate of drug-likeness (QED) is 0.502. The van der Waals surface area contributed by atoms with E-state index < -0.39 is 29.9 Å². The molecule has 2 aromatic rings. The lowest BCUT2D eigenvalue weighted by molar-refractivity contribution is -0.133. The number of carbonyl (C=O) groups excluding carboxylic acids is 3. The van der Waals surface area contributed by atoms with Crippen LogP contribution in [-0.2, 0) is 15.1 Å². The van der Waals surface area contributed by atoms with Gasteiger partial charge in [0.2, 0.25) is 5.91 Å². The van der Waals surface area contributed by atoms with E-state index in [0.29, 0.717) is 29.4 Å². The van der Waals surface area contributed by atoms with Crippen molar-refractivity contribution >= 4 is 23.5 Å². The normalized spacial score (nSPS) is 17.8. The predicted molar refractivity (Wildman–Crippen MR) is 116 cm³/mol. The number of carbonyl (C=O) groups is 3. The molecule has 0 aliphatic carbocycles. The number of ether oxygens (including phenoxy) is 2. The van der Waals surface area contributed by atoms with Crippen molar-refractivity contribution in [3.05, 3.63) is 66.2 Å². The summed E-state index contributed by atoms with van der Waals surface area (Å²) in [5, 5.41) is 5.35. The number of rotatable bonds is 8. The van der Waals surface area contributed by atoms with Crippen LogP contribution in [0, 0.1) is 0 Å². The molecule has 8 heteroatoms. The van der Waals surface area contributed by atoms with Gasteiger partial charge in [0, 0.05) is 5.69 Å². The van der Waals surface area contributed by atoms with Crippen LogP contribution < -0.4 is 20.1 Å². The fourth-order valence-corrected chi connectivity index (χ4v) is 3.15. The molecule has 1 atom stereocenters. The van der Waals surface area contributed by atoms with Crippen molar-refractivity contribution in [1.29, 1.82) is 0 Å². The van der Waals surface area contributed by atoms with Crippen LogP contribution in [0.5, 0.6) is 11.5 Å². The van der Waals surface area contributed by atoms with Crippen LogP contribution >= 0.6 is 0 Å². The minimum Gasteiger partial charge on any atom is -0.497 e. The summed E-state index contributed by atoms with van der Waals surface area (Å²) in [6.45, 7) is 7.25. The Balaban J connectivity index is 1.67. The highest BCUT2D eigenvalue weighted by atomic mass is 16.5. The van der Waals surface area contributed by atoms with E-state index in [1.165, 1.54) is 0 Å². The standard InChI is InChI=1S/C23H25N3O5/c1-15(2)14-31-19-9-5-16(6-10-19)23(3)21(28)26(22(29)25-23)13-20(27)24-17-7-11-18(30-4)12-8-17/h5-12H,1,13-14H2,2-4H3,(H,24,27)(H,25,29). The highest BCUT2D eigenvalue weighted by molar-refractivity contribution is 6.10. The van der Waals surface area contributed by atoms with Crippen LogP contribution in [0.4, 0.5) is 10.5 Å². The van der Waals surface area contributed by atoms with E-state index in [1.54, 1.807) is 62.6 Å². The molecule has 0 spiro atoms. The summed E-state index contributed by atoms with van der Waals surface area (Å²) in [6, 6.07) is 13.0. The van der Waals surface area contributed by atoms with E-state index >= 15 is 0 Å². The van der Waals surface area contributed by atoms with Gasteiger partial charge >= 0.3 is 6.03 Å². The molecule has 2 aromatic carbocycles. The second kappa shape index (κ2) is 8.91. The Labute approximate surface area is 180 Å². The van der Waals surface area contributed by atoms with Gasteiger partial charge in [-0.05, 0) is 61.4 Å². The molecule has 1 aliphatic heterocycles. The molecule has 4 amide bonds. The molecule has 1 saturated heterocycles. The van der Waals surface area contributed by atoms with Gasteiger partial charge < -0.3 is 20.1 Å². The number of imide groups is 1. The van der Waals surface area contributed by atoms with Crippen LogP contribution in [-0.4, -0.2) is 43.0 Å². The molecule has 0 radical (unpaired) electrons. The summed E-state index contributed by atoms with van der Waals surface area (Å²) < 4.78 is 10.6. The van der Waals surface area contributed by atoms with E-state index in [-0.39, 0.29) is 0 Å². The van der Waals surface area contributed by atoms with Gasteiger partial charge in [-0.1, -0.05) is 18.7 Å². The van der Waals surface area contributed by atoms with Crippen molar-refractivity contribution in [3.63, 3.8) is 0 Å². The van der Waals surface area contributed by atoms with Crippen LogP contribution in [0.3, 0.4) is 0 Å². The number of nitrogens with zero attached hydrogens (tertiary/aromatic N) is 1. The van der Waals surface area contributed by atoms with E-state index in [0.717, 1.165) is 10.5 Å². The summed E-state index contributed by atoms with van der Waals surface area (Å²) in [4.78, 5) is 38.8. The van der Waals surface area contributed by atoms with Gasteiger partial charge in [-0.25, -0.2) is 4.79 Å². The van der Waals surface area contributed by atoms with E-state index in [2.05, 4.69) is 17.2 Å². The van der Waals surface area contributed by atoms with Crippen molar-refractivity contribution in [2.24, 2.45) is 0 Å². The molecule has 0 aromatic heterocycles. The first-order valence-electron chi connectivity index (χ1n) is 9.68. The van der Waals surface area contributed by atoms with E-state index in [1.807, 2.05) is 6.92 Å². The summed E-state index contributed by atoms with van der Waals surface area (Å²) >= 11 is 0. The largest absolute Gasteiger partial charge is 0.497 e. The summed E-state index contributed by atoms with van der Waals surface area (Å²) in [5.41, 5.74) is 0.736. The van der Waals surface area contributed by atoms with Gasteiger partial charge in [-0.15, -0.1) is 0 Å². The van der Waals surface area contributed by atoms with Crippen LogP contribution in [0.25, 0.3) is 0 Å². The van der Waals surface area contributed by atoms with Crippen molar-refractivity contribution in [3.8, 4) is 11.5 Å². The second-order valence-electron chi connectivity index (χ2n) is 7.49. The van der Waals surface area contributed by atoms with Gasteiger partial charge in [0.15, 0.2) is 0 Å². The fourth-order valence-electron chi connectivity index (χ4n) is 3.15. The highest BCUT2D eigenvalue weighted by Crippen LogP contribution is 2.30. The van der Waals surface area contributed by atoms with Crippen molar-refractivity contribution < 1.29 is 23.9 Å². The van der Waals surface area contributed by atoms with Gasteiger partial charge in [0.1, 0.15) is 30.2 Å². The topological polar surface area (TPSA) is 97.0 Å². The summed E-state index contributed by atoms with van der Waals surface area (Å²) in [6.07, 6.45) is 0. The average molecular weight is 423 g/mol. The zero-order valence-electron chi connectivity index (χ0n) is 17.7. The molecule has 1 heterocycles. The Morgan fingerprint density at radius 1 is 1.10 bits per heavy atom. The molecule has 2 N–H and O–H groups in total. The lowest BCUT2D eigenvalue weighted by atomic mass is 9.92. The number of benzene rings is 2. The van der Waals surface area contributed by atoms with Crippen molar-refractivity contribution in [2.45, 2.75) is 19.4 Å². The average Bonchev–Trinajstić information content (AvgIpc) is 2.97. The lowest BCUT2D eigenvalue weighted by Crippen LogP contribution is -2.42. The minimum absolute atomic E-state index is 0.392. The predicted octanol–water partition coefficient (Wildman–Crippen LogP) is 3.06. The molecule has 1 aliphatic rings. The number of hydrogen-bond acceptors (Lipinski definition) is 5. The molecule has 31 heavy (non-hydrogen) atoms. The fraction of sp³-hybridized carbons (Fsp3) is 0.261. The maximum atomic E-state index is 13.0. The Kier molecular flexibility index (Phi) is 6.29. The molecule has 0 saturated carbocycles. The van der Waals surface area contributed by atoms with Gasteiger partial charge in [-0.2, -0.15) is 0 Å². The first kappa shape index (κ1) is 21.9. The van der Waals surface area contributed by atoms with Gasteiger partial charge in [-0.3, -0.25) is 14.5 Å². The zero-order valence-corrected chi connectivity index (χ0v) is 17.7. The monoisotopic (exact) mass is 423 g/mol. The van der Waals surface area contributed by atoms with Crippen molar-refractivity contribution in [2.75, 3.05) is 25.6 Å². The van der Waals surface area contributed by atoms with Gasteiger partial charge in [0.25, 0.3) is 5.91 Å². The Morgan fingerprint density at radius 3 is 2.29 bits per heavy atom. The van der Waals surface area contributed by atoms with Gasteiger partial charge in [0.05, 0.1) is 7.11 Å². The molecule has 1 unspecified atom stereocenters. The third-order valence-electron chi connectivity index (χ3n) is 4.87. The van der Waals surface area contributed by atoms with E-state index in [4.69, 9.17) is 9.47 Å². The maximum Gasteiger partial charge on any atom is 0.325 e. The molecular formula is C23H25N3O5. The van der Waals surface area contributed by atoms with Crippen LogP contribution in [0.2, 0.25) is 0 Å². The molecule has 162 valence electrons. The first-order valence-corrected chi connectivity index (χ1v) is 9.68. The number of amides is 4. The maximum absolute atomic E-state index is 13.0. The van der Waals surface area contributed by atoms with Crippen molar-refractivity contribution in [1.82, 2.24) is 10.2 Å². The van der Waals surface area contributed by atoms with Crippen LogP contribution in [0.15, 0.2) is 60.7 Å². The molecule has 0 bridgehead atoms. The SMILES string of the molecule is C=C(C)COc1ccc(C2(C)NC(=O)N(CC(=O)Nc3ccc(OC)cc3)C2=O)cc1. The third kappa shape index (κ3) is 4.85.